The summed E-state index contributed by atoms with van der Waals surface area (Å²) in [4.78, 5) is 0.970. The molecule has 0 aromatic heterocycles. The van der Waals surface area contributed by atoms with Gasteiger partial charge in [0.2, 0.25) is 0 Å². The summed E-state index contributed by atoms with van der Waals surface area (Å²) in [6.07, 6.45) is 4.75. The molecule has 0 spiro atoms. The van der Waals surface area contributed by atoms with E-state index in [-0.39, 0.29) is 0 Å². The lowest BCUT2D eigenvalue weighted by atomic mass is 9.80. The minimum Gasteiger partial charge on any atom is -0.388 e. The van der Waals surface area contributed by atoms with Gasteiger partial charge in [-0.25, -0.2) is 0 Å². The molecule has 90 valence electrons. The Hall–Kier alpha value is -1.18. The van der Waals surface area contributed by atoms with E-state index in [1.165, 1.54) is 0 Å². The summed E-state index contributed by atoms with van der Waals surface area (Å²) in [6.45, 7) is 0.527. The fourth-order valence-corrected chi connectivity index (χ4v) is 2.56. The lowest BCUT2D eigenvalue weighted by Gasteiger charge is -2.37. The molecule has 1 saturated carbocycles. The highest BCUT2D eigenvalue weighted by Gasteiger charge is 2.34. The molecule has 0 amide bonds. The number of nitriles is 1. The molecule has 1 aromatic carbocycles. The largest absolute Gasteiger partial charge is 0.388 e. The first-order valence-corrected chi connectivity index (χ1v) is 6.94. The van der Waals surface area contributed by atoms with Crippen molar-refractivity contribution in [2.45, 2.75) is 29.8 Å². The van der Waals surface area contributed by atoms with Crippen LogP contribution in [0.15, 0.2) is 23.1 Å². The second-order valence-corrected chi connectivity index (χ2v) is 5.27. The third-order valence-corrected chi connectivity index (χ3v) is 4.03. The van der Waals surface area contributed by atoms with Gasteiger partial charge in [-0.15, -0.1) is 11.8 Å². The molecular formula is C13H16N2OS. The van der Waals surface area contributed by atoms with Crippen molar-refractivity contribution in [1.82, 2.24) is 0 Å². The number of nitrogens with zero attached hydrogens (tertiary/aromatic N) is 1. The molecule has 17 heavy (non-hydrogen) atoms. The van der Waals surface area contributed by atoms with Gasteiger partial charge in [0.05, 0.1) is 16.9 Å². The Morgan fingerprint density at radius 1 is 1.53 bits per heavy atom. The smallest absolute Gasteiger partial charge is 0.102 e. The van der Waals surface area contributed by atoms with Crippen LogP contribution in [0.1, 0.15) is 24.8 Å². The lowest BCUT2D eigenvalue weighted by Crippen LogP contribution is -2.43. The first kappa shape index (κ1) is 12.3. The van der Waals surface area contributed by atoms with Gasteiger partial charge < -0.3 is 10.4 Å². The van der Waals surface area contributed by atoms with Gasteiger partial charge in [-0.3, -0.25) is 0 Å². The molecule has 0 heterocycles. The van der Waals surface area contributed by atoms with Gasteiger partial charge in [0.25, 0.3) is 0 Å². The number of hydrogen-bond donors (Lipinski definition) is 2. The molecule has 2 N–H and O–H groups in total. The summed E-state index contributed by atoms with van der Waals surface area (Å²) < 4.78 is 0. The minimum absolute atomic E-state index is 0.527. The molecule has 1 aliphatic carbocycles. The van der Waals surface area contributed by atoms with E-state index in [1.807, 2.05) is 24.5 Å². The molecule has 1 aliphatic rings. The number of hydrogen-bond acceptors (Lipinski definition) is 4. The number of rotatable bonds is 4. The van der Waals surface area contributed by atoms with Gasteiger partial charge in [0.1, 0.15) is 6.07 Å². The van der Waals surface area contributed by atoms with E-state index < -0.39 is 5.60 Å². The fourth-order valence-electron chi connectivity index (χ4n) is 1.99. The van der Waals surface area contributed by atoms with E-state index in [1.54, 1.807) is 11.8 Å². The monoisotopic (exact) mass is 248 g/mol. The SMILES string of the molecule is CSc1cccc(NCC2(O)CCC2)c1C#N. The third-order valence-electron chi connectivity index (χ3n) is 3.25. The molecule has 0 atom stereocenters. The van der Waals surface area contributed by atoms with E-state index in [2.05, 4.69) is 11.4 Å². The Kier molecular flexibility index (Phi) is 3.60. The van der Waals surface area contributed by atoms with Crippen LogP contribution in [0.25, 0.3) is 0 Å². The summed E-state index contributed by atoms with van der Waals surface area (Å²) in [5.74, 6) is 0. The molecule has 3 nitrogen and oxygen atoms in total. The van der Waals surface area contributed by atoms with Crippen LogP contribution in [0, 0.1) is 11.3 Å². The van der Waals surface area contributed by atoms with Crippen molar-refractivity contribution in [3.63, 3.8) is 0 Å². The summed E-state index contributed by atoms with van der Waals surface area (Å²) >= 11 is 1.56. The van der Waals surface area contributed by atoms with Crippen LogP contribution in [0.2, 0.25) is 0 Å². The highest BCUT2D eigenvalue weighted by Crippen LogP contribution is 2.33. The Bertz CT molecular complexity index is 449. The normalized spacial score (nSPS) is 17.0. The second-order valence-electron chi connectivity index (χ2n) is 4.43. The average molecular weight is 248 g/mol. The van der Waals surface area contributed by atoms with Crippen LogP contribution >= 0.6 is 11.8 Å². The first-order valence-electron chi connectivity index (χ1n) is 5.72. The molecule has 0 saturated heterocycles. The Labute approximate surface area is 106 Å². The molecule has 2 rings (SSSR count). The van der Waals surface area contributed by atoms with E-state index in [4.69, 9.17) is 5.26 Å². The summed E-state index contributed by atoms with van der Waals surface area (Å²) in [5, 5.41) is 22.4. The van der Waals surface area contributed by atoms with Gasteiger partial charge in [0, 0.05) is 11.4 Å². The number of benzene rings is 1. The highest BCUT2D eigenvalue weighted by molar-refractivity contribution is 7.98. The molecule has 1 fully saturated rings. The molecule has 4 heteroatoms. The molecule has 0 unspecified atom stereocenters. The number of anilines is 1. The predicted octanol–water partition coefficient (Wildman–Crippen LogP) is 2.61. The standard InChI is InChI=1S/C13H16N2OS/c1-17-12-5-2-4-11(10(12)8-14)15-9-13(16)6-3-7-13/h2,4-5,15-16H,3,6-7,9H2,1H3. The van der Waals surface area contributed by atoms with Gasteiger partial charge in [-0.2, -0.15) is 5.26 Å². The molecule has 0 bridgehead atoms. The number of nitrogens with one attached hydrogen (secondary N) is 1. The van der Waals surface area contributed by atoms with Crippen molar-refractivity contribution in [1.29, 1.82) is 5.26 Å². The van der Waals surface area contributed by atoms with Crippen LogP contribution in [0.3, 0.4) is 0 Å². The Morgan fingerprint density at radius 3 is 2.82 bits per heavy atom. The molecular weight excluding hydrogens is 232 g/mol. The van der Waals surface area contributed by atoms with E-state index in [0.29, 0.717) is 12.1 Å². The third kappa shape index (κ3) is 2.56. The minimum atomic E-state index is -0.567. The van der Waals surface area contributed by atoms with Gasteiger partial charge in [-0.1, -0.05) is 6.07 Å². The summed E-state index contributed by atoms with van der Waals surface area (Å²) in [6, 6.07) is 7.98. The van der Waals surface area contributed by atoms with Crippen molar-refractivity contribution in [3.05, 3.63) is 23.8 Å². The molecule has 0 radical (unpaired) electrons. The number of thioether (sulfide) groups is 1. The number of aliphatic hydroxyl groups is 1. The maximum Gasteiger partial charge on any atom is 0.102 e. The zero-order valence-corrected chi connectivity index (χ0v) is 10.7. The van der Waals surface area contributed by atoms with Crippen molar-refractivity contribution >= 4 is 17.4 Å². The van der Waals surface area contributed by atoms with Crippen molar-refractivity contribution in [3.8, 4) is 6.07 Å². The fraction of sp³-hybridized carbons (Fsp3) is 0.462. The van der Waals surface area contributed by atoms with Gasteiger partial charge in [0.15, 0.2) is 0 Å². The molecule has 1 aromatic rings. The van der Waals surface area contributed by atoms with Crippen LogP contribution in [-0.4, -0.2) is 23.5 Å². The van der Waals surface area contributed by atoms with Crippen LogP contribution in [0.5, 0.6) is 0 Å². The van der Waals surface area contributed by atoms with Crippen LogP contribution < -0.4 is 5.32 Å². The zero-order chi connectivity index (χ0) is 12.3. The summed E-state index contributed by atoms with van der Waals surface area (Å²) in [5.41, 5.74) is 0.921. The van der Waals surface area contributed by atoms with E-state index in [0.717, 1.165) is 29.8 Å². The second kappa shape index (κ2) is 4.99. The zero-order valence-electron chi connectivity index (χ0n) is 9.86. The summed E-state index contributed by atoms with van der Waals surface area (Å²) in [7, 11) is 0. The predicted molar refractivity (Wildman–Crippen MR) is 70.2 cm³/mol. The van der Waals surface area contributed by atoms with E-state index in [9.17, 15) is 5.11 Å². The maximum absolute atomic E-state index is 10.0. The van der Waals surface area contributed by atoms with Crippen LogP contribution in [0.4, 0.5) is 5.69 Å². The lowest BCUT2D eigenvalue weighted by molar-refractivity contribution is -0.0202. The van der Waals surface area contributed by atoms with Crippen molar-refractivity contribution in [2.24, 2.45) is 0 Å². The Balaban J connectivity index is 2.12. The van der Waals surface area contributed by atoms with Crippen molar-refractivity contribution < 1.29 is 5.11 Å². The van der Waals surface area contributed by atoms with Gasteiger partial charge >= 0.3 is 0 Å². The maximum atomic E-state index is 10.0. The van der Waals surface area contributed by atoms with Crippen molar-refractivity contribution in [2.75, 3.05) is 18.1 Å². The van der Waals surface area contributed by atoms with Gasteiger partial charge in [-0.05, 0) is 37.7 Å². The van der Waals surface area contributed by atoms with Crippen LogP contribution in [-0.2, 0) is 0 Å². The van der Waals surface area contributed by atoms with E-state index >= 15 is 0 Å². The highest BCUT2D eigenvalue weighted by atomic mass is 32.2. The quantitative estimate of drug-likeness (QED) is 0.804. The average Bonchev–Trinajstić information content (AvgIpc) is 2.33. The topological polar surface area (TPSA) is 56.0 Å². The first-order chi connectivity index (χ1) is 8.18. The molecule has 0 aliphatic heterocycles. The Morgan fingerprint density at radius 2 is 2.29 bits per heavy atom.